The third kappa shape index (κ3) is 6.66. The number of carbonyl (C=O) groups is 2. The van der Waals surface area contributed by atoms with E-state index in [1.807, 2.05) is 48.5 Å². The molecule has 144 valence electrons. The van der Waals surface area contributed by atoms with Gasteiger partial charge in [-0.3, -0.25) is 9.59 Å². The lowest BCUT2D eigenvalue weighted by molar-refractivity contribution is -0.139. The maximum Gasteiger partial charge on any atom is 0.303 e. The van der Waals surface area contributed by atoms with Gasteiger partial charge in [-0.05, 0) is 35.2 Å². The number of nitrogens with one attached hydrogen (secondary N) is 1. The van der Waals surface area contributed by atoms with Crippen LogP contribution in [0.1, 0.15) is 32.3 Å². The van der Waals surface area contributed by atoms with Gasteiger partial charge in [0.15, 0.2) is 11.5 Å². The lowest BCUT2D eigenvalue weighted by Crippen LogP contribution is -2.29. The molecular weight excluding hydrogens is 346 g/mol. The van der Waals surface area contributed by atoms with Crippen LogP contribution in [0.15, 0.2) is 48.5 Å². The van der Waals surface area contributed by atoms with E-state index < -0.39 is 11.4 Å². The van der Waals surface area contributed by atoms with Crippen LogP contribution in [-0.2, 0) is 16.1 Å². The molecule has 2 rings (SSSR count). The van der Waals surface area contributed by atoms with E-state index in [1.165, 1.54) is 0 Å². The minimum atomic E-state index is -0.904. The molecule has 6 nitrogen and oxygen atoms in total. The topological polar surface area (TPSA) is 84.9 Å². The van der Waals surface area contributed by atoms with Crippen LogP contribution in [-0.4, -0.2) is 24.1 Å². The van der Waals surface area contributed by atoms with Gasteiger partial charge in [0.25, 0.3) is 0 Å². The number of methoxy groups -OCH3 is 1. The molecule has 0 aromatic heterocycles. The summed E-state index contributed by atoms with van der Waals surface area (Å²) < 4.78 is 11.1. The SMILES string of the molecule is COc1ccccc1Oc1ccc(CNC(=O)CC(C)(C)CC(=O)O)cc1. The molecule has 0 atom stereocenters. The van der Waals surface area contributed by atoms with Crippen LogP contribution in [0, 0.1) is 5.41 Å². The molecule has 0 heterocycles. The zero-order valence-electron chi connectivity index (χ0n) is 15.8. The van der Waals surface area contributed by atoms with Crippen molar-refractivity contribution < 1.29 is 24.2 Å². The molecule has 0 aliphatic heterocycles. The van der Waals surface area contributed by atoms with Gasteiger partial charge >= 0.3 is 5.97 Å². The highest BCUT2D eigenvalue weighted by molar-refractivity contribution is 5.77. The monoisotopic (exact) mass is 371 g/mol. The standard InChI is InChI=1S/C21H25NO5/c1-21(2,13-20(24)25)12-19(23)22-14-15-8-10-16(11-9-15)27-18-7-5-4-6-17(18)26-3/h4-11H,12-14H2,1-3H3,(H,22,23)(H,24,25). The number of carboxylic acid groups (broad SMARTS) is 1. The molecule has 0 saturated carbocycles. The summed E-state index contributed by atoms with van der Waals surface area (Å²) >= 11 is 0. The molecule has 0 aliphatic rings. The van der Waals surface area contributed by atoms with Gasteiger partial charge in [0.2, 0.25) is 5.91 Å². The zero-order valence-corrected chi connectivity index (χ0v) is 15.8. The first-order valence-electron chi connectivity index (χ1n) is 8.67. The van der Waals surface area contributed by atoms with E-state index in [2.05, 4.69) is 5.32 Å². The Bertz CT molecular complexity index is 783. The molecule has 6 heteroatoms. The van der Waals surface area contributed by atoms with Crippen molar-refractivity contribution in [2.24, 2.45) is 5.41 Å². The molecule has 0 saturated heterocycles. The Morgan fingerprint density at radius 2 is 1.63 bits per heavy atom. The van der Waals surface area contributed by atoms with Crippen molar-refractivity contribution in [3.63, 3.8) is 0 Å². The van der Waals surface area contributed by atoms with Crippen molar-refractivity contribution in [3.8, 4) is 17.2 Å². The summed E-state index contributed by atoms with van der Waals surface area (Å²) in [5.74, 6) is 0.866. The Labute approximate surface area is 159 Å². The van der Waals surface area contributed by atoms with E-state index in [0.717, 1.165) is 5.56 Å². The number of aliphatic carboxylic acids is 1. The maximum absolute atomic E-state index is 12.0. The van der Waals surface area contributed by atoms with E-state index in [4.69, 9.17) is 14.6 Å². The average Bonchev–Trinajstić information content (AvgIpc) is 2.60. The van der Waals surface area contributed by atoms with Crippen LogP contribution in [0.3, 0.4) is 0 Å². The number of hydrogen-bond donors (Lipinski definition) is 2. The Balaban J connectivity index is 1.88. The van der Waals surface area contributed by atoms with Crippen molar-refractivity contribution in [2.45, 2.75) is 33.2 Å². The van der Waals surface area contributed by atoms with Crippen molar-refractivity contribution >= 4 is 11.9 Å². The molecule has 1 amide bonds. The van der Waals surface area contributed by atoms with Gasteiger partial charge in [0.05, 0.1) is 13.5 Å². The predicted molar refractivity (Wildman–Crippen MR) is 102 cm³/mol. The van der Waals surface area contributed by atoms with Crippen LogP contribution in [0.25, 0.3) is 0 Å². The van der Waals surface area contributed by atoms with E-state index >= 15 is 0 Å². The smallest absolute Gasteiger partial charge is 0.303 e. The Kier molecular flexibility index (Phi) is 6.82. The summed E-state index contributed by atoms with van der Waals surface area (Å²) in [6.45, 7) is 3.91. The fourth-order valence-corrected chi connectivity index (χ4v) is 2.68. The fourth-order valence-electron chi connectivity index (χ4n) is 2.68. The van der Waals surface area contributed by atoms with Crippen molar-refractivity contribution in [3.05, 3.63) is 54.1 Å². The maximum atomic E-state index is 12.0. The Morgan fingerprint density at radius 3 is 2.22 bits per heavy atom. The van der Waals surface area contributed by atoms with Crippen molar-refractivity contribution in [1.29, 1.82) is 0 Å². The highest BCUT2D eigenvalue weighted by Crippen LogP contribution is 2.31. The first-order valence-corrected chi connectivity index (χ1v) is 8.67. The number of rotatable bonds is 9. The summed E-state index contributed by atoms with van der Waals surface area (Å²) in [5.41, 5.74) is 0.342. The molecule has 0 spiro atoms. The van der Waals surface area contributed by atoms with E-state index in [-0.39, 0.29) is 18.7 Å². The number of carboxylic acids is 1. The Morgan fingerprint density at radius 1 is 1.00 bits per heavy atom. The Hall–Kier alpha value is -3.02. The third-order valence-electron chi connectivity index (χ3n) is 3.98. The first kappa shape index (κ1) is 20.3. The van der Waals surface area contributed by atoms with Crippen molar-refractivity contribution in [1.82, 2.24) is 5.32 Å². The number of carbonyl (C=O) groups excluding carboxylic acids is 1. The van der Waals surface area contributed by atoms with Crippen LogP contribution >= 0.6 is 0 Å². The lowest BCUT2D eigenvalue weighted by Gasteiger charge is -2.21. The molecule has 27 heavy (non-hydrogen) atoms. The lowest BCUT2D eigenvalue weighted by atomic mass is 9.85. The number of amides is 1. The van der Waals surface area contributed by atoms with Gasteiger partial charge in [-0.15, -0.1) is 0 Å². The molecule has 0 bridgehead atoms. The second kappa shape index (κ2) is 9.07. The average molecular weight is 371 g/mol. The summed E-state index contributed by atoms with van der Waals surface area (Å²) in [6.07, 6.45) is 0.115. The third-order valence-corrected chi connectivity index (χ3v) is 3.98. The highest BCUT2D eigenvalue weighted by Gasteiger charge is 2.25. The first-order chi connectivity index (χ1) is 12.8. The largest absolute Gasteiger partial charge is 0.493 e. The van der Waals surface area contributed by atoms with Gasteiger partial charge in [-0.1, -0.05) is 38.1 Å². The van der Waals surface area contributed by atoms with Crippen molar-refractivity contribution in [2.75, 3.05) is 7.11 Å². The molecule has 2 aromatic rings. The number of hydrogen-bond acceptors (Lipinski definition) is 4. The fraction of sp³-hybridized carbons (Fsp3) is 0.333. The molecular formula is C21H25NO5. The number of benzene rings is 2. The second-order valence-electron chi connectivity index (χ2n) is 7.09. The minimum absolute atomic E-state index is 0.0462. The van der Waals surface area contributed by atoms with Crippen LogP contribution in [0.4, 0.5) is 0 Å². The van der Waals surface area contributed by atoms with Gasteiger partial charge in [0, 0.05) is 13.0 Å². The molecule has 2 N–H and O–H groups in total. The summed E-state index contributed by atoms with van der Waals surface area (Å²) in [4.78, 5) is 22.9. The molecule has 0 radical (unpaired) electrons. The second-order valence-corrected chi connectivity index (χ2v) is 7.09. The summed E-state index contributed by atoms with van der Waals surface area (Å²) in [7, 11) is 1.59. The number of para-hydroxylation sites is 2. The highest BCUT2D eigenvalue weighted by atomic mass is 16.5. The van der Waals surface area contributed by atoms with E-state index in [1.54, 1.807) is 21.0 Å². The summed E-state index contributed by atoms with van der Waals surface area (Å²) in [5, 5.41) is 11.7. The van der Waals surface area contributed by atoms with Crippen LogP contribution < -0.4 is 14.8 Å². The molecule has 0 fully saturated rings. The molecule has 0 unspecified atom stereocenters. The van der Waals surface area contributed by atoms with Crippen LogP contribution in [0.2, 0.25) is 0 Å². The molecule has 2 aromatic carbocycles. The zero-order chi connectivity index (χ0) is 19.9. The van der Waals surface area contributed by atoms with Gasteiger partial charge in [-0.25, -0.2) is 0 Å². The summed E-state index contributed by atoms with van der Waals surface area (Å²) in [6, 6.07) is 14.8. The van der Waals surface area contributed by atoms with Gasteiger partial charge in [-0.2, -0.15) is 0 Å². The minimum Gasteiger partial charge on any atom is -0.493 e. The van der Waals surface area contributed by atoms with E-state index in [9.17, 15) is 9.59 Å². The normalized spacial score (nSPS) is 10.9. The van der Waals surface area contributed by atoms with E-state index in [0.29, 0.717) is 23.8 Å². The quantitative estimate of drug-likeness (QED) is 0.696. The predicted octanol–water partition coefficient (Wildman–Crippen LogP) is 3.99. The number of ether oxygens (including phenoxy) is 2. The van der Waals surface area contributed by atoms with Gasteiger partial charge < -0.3 is 19.9 Å². The molecule has 0 aliphatic carbocycles. The van der Waals surface area contributed by atoms with Crippen LogP contribution in [0.5, 0.6) is 17.2 Å². The van der Waals surface area contributed by atoms with Gasteiger partial charge in [0.1, 0.15) is 5.75 Å².